The monoisotopic (exact) mass is 549 g/mol. The van der Waals surface area contributed by atoms with Gasteiger partial charge in [-0.15, -0.1) is 11.3 Å². The molecule has 1 aliphatic heterocycles. The highest BCUT2D eigenvalue weighted by molar-refractivity contribution is 7.10. The highest BCUT2D eigenvalue weighted by Crippen LogP contribution is 2.34. The molecule has 0 radical (unpaired) electrons. The van der Waals surface area contributed by atoms with Crippen molar-refractivity contribution in [2.75, 3.05) is 45.3 Å². The summed E-state index contributed by atoms with van der Waals surface area (Å²) in [6.45, 7) is 8.20. The number of hydrogen-bond donors (Lipinski definition) is 1. The number of hydrogen-bond acceptors (Lipinski definition) is 5. The van der Waals surface area contributed by atoms with Gasteiger partial charge >= 0.3 is 6.03 Å². The van der Waals surface area contributed by atoms with Crippen molar-refractivity contribution >= 4 is 29.0 Å². The van der Waals surface area contributed by atoms with Gasteiger partial charge in [0.25, 0.3) is 0 Å². The van der Waals surface area contributed by atoms with Crippen molar-refractivity contribution in [3.8, 4) is 5.75 Å². The fraction of sp³-hybridized carbons (Fsp3) is 0.419. The minimum atomic E-state index is -0.297. The summed E-state index contributed by atoms with van der Waals surface area (Å²) in [6.07, 6.45) is 1.44. The Labute approximate surface area is 235 Å². The van der Waals surface area contributed by atoms with Gasteiger partial charge in [-0.25, -0.2) is 4.79 Å². The van der Waals surface area contributed by atoms with Crippen LogP contribution in [0.3, 0.4) is 0 Å². The maximum absolute atomic E-state index is 13.7. The Morgan fingerprint density at radius 1 is 1.10 bits per heavy atom. The van der Waals surface area contributed by atoms with Crippen LogP contribution in [-0.2, 0) is 16.0 Å². The van der Waals surface area contributed by atoms with Gasteiger partial charge in [0.2, 0.25) is 5.91 Å². The van der Waals surface area contributed by atoms with Gasteiger partial charge in [-0.3, -0.25) is 4.79 Å². The van der Waals surface area contributed by atoms with Gasteiger partial charge in [0.15, 0.2) is 0 Å². The molecule has 0 spiro atoms. The summed E-state index contributed by atoms with van der Waals surface area (Å²) in [6, 6.07) is 17.4. The number of carbonyl (C=O) groups excluding carboxylic acids is 2. The summed E-state index contributed by atoms with van der Waals surface area (Å²) >= 11 is 1.72. The molecule has 4 rings (SSSR count). The summed E-state index contributed by atoms with van der Waals surface area (Å²) in [5.74, 6) is 1.15. The number of urea groups is 1. The highest BCUT2D eigenvalue weighted by atomic mass is 32.1. The lowest BCUT2D eigenvalue weighted by atomic mass is 10.00. The number of thiophene rings is 1. The molecule has 3 aromatic rings. The van der Waals surface area contributed by atoms with Crippen molar-refractivity contribution in [1.82, 2.24) is 9.80 Å². The molecule has 39 heavy (non-hydrogen) atoms. The van der Waals surface area contributed by atoms with Crippen LogP contribution in [0.25, 0.3) is 0 Å². The topological polar surface area (TPSA) is 71.1 Å². The van der Waals surface area contributed by atoms with Gasteiger partial charge < -0.3 is 24.6 Å². The van der Waals surface area contributed by atoms with E-state index < -0.39 is 0 Å². The van der Waals surface area contributed by atoms with Crippen LogP contribution in [0, 0.1) is 6.92 Å². The lowest BCUT2D eigenvalue weighted by Gasteiger charge is -2.37. The number of aryl methyl sites for hydroxylation is 1. The first kappa shape index (κ1) is 28.6. The minimum absolute atomic E-state index is 0.0134. The number of fused-ring (bicyclic) bond motifs is 1. The SMILES string of the molecule is COCCCN(CC(=O)N1CCc2sccc2[C@@H]1COc1ccc(C(C)C)cc1)C(=O)Nc1ccc(C)cc1. The maximum Gasteiger partial charge on any atom is 0.322 e. The Morgan fingerprint density at radius 3 is 2.54 bits per heavy atom. The van der Waals surface area contributed by atoms with E-state index in [4.69, 9.17) is 9.47 Å². The minimum Gasteiger partial charge on any atom is -0.491 e. The number of nitrogens with zero attached hydrogens (tertiary/aromatic N) is 2. The molecule has 1 atom stereocenters. The molecule has 2 aromatic carbocycles. The quantitative estimate of drug-likeness (QED) is 0.287. The summed E-state index contributed by atoms with van der Waals surface area (Å²) in [7, 11) is 1.63. The van der Waals surface area contributed by atoms with E-state index in [1.54, 1.807) is 23.3 Å². The Hall–Kier alpha value is -3.36. The first-order valence-corrected chi connectivity index (χ1v) is 14.4. The highest BCUT2D eigenvalue weighted by Gasteiger charge is 2.33. The Balaban J connectivity index is 1.47. The van der Waals surface area contributed by atoms with Crippen LogP contribution in [0.5, 0.6) is 5.75 Å². The van der Waals surface area contributed by atoms with Crippen molar-refractivity contribution in [1.29, 1.82) is 0 Å². The van der Waals surface area contributed by atoms with Gasteiger partial charge in [0, 0.05) is 37.4 Å². The van der Waals surface area contributed by atoms with E-state index in [2.05, 4.69) is 42.7 Å². The molecule has 208 valence electrons. The fourth-order valence-corrected chi connectivity index (χ4v) is 5.67. The normalized spacial score (nSPS) is 14.7. The smallest absolute Gasteiger partial charge is 0.322 e. The van der Waals surface area contributed by atoms with Crippen LogP contribution >= 0.6 is 11.3 Å². The molecular formula is C31H39N3O4S. The van der Waals surface area contributed by atoms with Gasteiger partial charge in [-0.2, -0.15) is 0 Å². The molecule has 0 saturated heterocycles. The molecule has 2 heterocycles. The average Bonchev–Trinajstić information content (AvgIpc) is 3.42. The first-order valence-electron chi connectivity index (χ1n) is 13.6. The third-order valence-corrected chi connectivity index (χ3v) is 8.06. The second-order valence-corrected chi connectivity index (χ2v) is 11.3. The largest absolute Gasteiger partial charge is 0.491 e. The molecule has 0 unspecified atom stereocenters. The fourth-order valence-electron chi connectivity index (χ4n) is 4.74. The molecule has 0 aliphatic carbocycles. The van der Waals surface area contributed by atoms with E-state index in [0.29, 0.717) is 44.3 Å². The zero-order chi connectivity index (χ0) is 27.8. The molecule has 0 fully saturated rings. The number of anilines is 1. The average molecular weight is 550 g/mol. The number of nitrogens with one attached hydrogen (secondary N) is 1. The van der Waals surface area contributed by atoms with Crippen molar-refractivity contribution in [3.05, 3.63) is 81.5 Å². The predicted octanol–water partition coefficient (Wildman–Crippen LogP) is 6.26. The van der Waals surface area contributed by atoms with Crippen LogP contribution in [0.2, 0.25) is 0 Å². The number of ether oxygens (including phenoxy) is 2. The van der Waals surface area contributed by atoms with Gasteiger partial charge in [-0.1, -0.05) is 43.7 Å². The molecule has 0 saturated carbocycles. The molecular weight excluding hydrogens is 510 g/mol. The second kappa shape index (κ2) is 13.6. The standard InChI is InChI=1S/C31H39N3O4S/c1-22(2)24-8-12-26(13-9-24)38-21-28-27-15-19-39-29(27)14-17-34(28)30(35)20-33(16-5-18-37-4)31(36)32-25-10-6-23(3)7-11-25/h6-13,15,19,22,28H,5,14,16-18,20-21H2,1-4H3,(H,32,36)/t28-/m0/s1. The van der Waals surface area contributed by atoms with Gasteiger partial charge in [0.05, 0.1) is 6.04 Å². The lowest BCUT2D eigenvalue weighted by molar-refractivity contribution is -0.135. The van der Waals surface area contributed by atoms with E-state index in [1.807, 2.05) is 48.2 Å². The van der Waals surface area contributed by atoms with Crippen LogP contribution in [-0.4, -0.2) is 61.7 Å². The molecule has 3 amide bonds. The van der Waals surface area contributed by atoms with E-state index in [0.717, 1.165) is 23.3 Å². The molecule has 1 aromatic heterocycles. The Bertz CT molecular complexity index is 1220. The molecule has 1 N–H and O–H groups in total. The number of amides is 3. The van der Waals surface area contributed by atoms with Crippen LogP contribution in [0.1, 0.15) is 53.8 Å². The lowest BCUT2D eigenvalue weighted by Crippen LogP contribution is -2.49. The predicted molar refractivity (Wildman–Crippen MR) is 157 cm³/mol. The van der Waals surface area contributed by atoms with Crippen molar-refractivity contribution in [2.45, 2.75) is 45.6 Å². The molecule has 7 nitrogen and oxygen atoms in total. The molecule has 0 bridgehead atoms. The Kier molecular flexibility index (Phi) is 10.0. The number of rotatable bonds is 11. The summed E-state index contributed by atoms with van der Waals surface area (Å²) in [5.41, 5.74) is 4.20. The summed E-state index contributed by atoms with van der Waals surface area (Å²) in [5, 5.41) is 5.02. The second-order valence-electron chi connectivity index (χ2n) is 10.3. The van der Waals surface area contributed by atoms with E-state index in [1.165, 1.54) is 10.4 Å². The Morgan fingerprint density at radius 2 is 1.85 bits per heavy atom. The van der Waals surface area contributed by atoms with E-state index in [9.17, 15) is 9.59 Å². The van der Waals surface area contributed by atoms with Crippen LogP contribution < -0.4 is 10.1 Å². The van der Waals surface area contributed by atoms with Crippen molar-refractivity contribution in [2.24, 2.45) is 0 Å². The summed E-state index contributed by atoms with van der Waals surface area (Å²) < 4.78 is 11.4. The molecule has 1 aliphatic rings. The zero-order valence-corrected chi connectivity index (χ0v) is 24.1. The summed E-state index contributed by atoms with van der Waals surface area (Å²) in [4.78, 5) is 31.7. The van der Waals surface area contributed by atoms with Crippen molar-refractivity contribution in [3.63, 3.8) is 0 Å². The van der Waals surface area contributed by atoms with Crippen LogP contribution in [0.4, 0.5) is 10.5 Å². The number of methoxy groups -OCH3 is 1. The van der Waals surface area contributed by atoms with Gasteiger partial charge in [0.1, 0.15) is 18.9 Å². The first-order chi connectivity index (χ1) is 18.9. The van der Waals surface area contributed by atoms with E-state index >= 15 is 0 Å². The third-order valence-electron chi connectivity index (χ3n) is 7.06. The van der Waals surface area contributed by atoms with E-state index in [-0.39, 0.29) is 24.5 Å². The zero-order valence-electron chi connectivity index (χ0n) is 23.3. The maximum atomic E-state index is 13.7. The van der Waals surface area contributed by atoms with Crippen LogP contribution in [0.15, 0.2) is 60.0 Å². The van der Waals surface area contributed by atoms with Gasteiger partial charge in [-0.05, 0) is 72.5 Å². The number of carbonyl (C=O) groups is 2. The van der Waals surface area contributed by atoms with Crippen molar-refractivity contribution < 1.29 is 19.1 Å². The third kappa shape index (κ3) is 7.61. The number of benzene rings is 2. The molecule has 8 heteroatoms.